The van der Waals surface area contributed by atoms with Gasteiger partial charge >= 0.3 is 6.18 Å². The Bertz CT molecular complexity index is 1400. The molecular weight excluding hydrogens is 473 g/mol. The van der Waals surface area contributed by atoms with Gasteiger partial charge in [-0.15, -0.1) is 10.2 Å². The van der Waals surface area contributed by atoms with Gasteiger partial charge in [-0.1, -0.05) is 48.2 Å². The summed E-state index contributed by atoms with van der Waals surface area (Å²) in [6.07, 6.45) is 3.37. The highest BCUT2D eigenvalue weighted by Crippen LogP contribution is 2.31. The summed E-state index contributed by atoms with van der Waals surface area (Å²) in [5, 5.41) is 10.7. The number of halogens is 3. The number of benzene rings is 2. The minimum absolute atomic E-state index is 0.371. The Labute approximate surface area is 204 Å². The average Bonchev–Trinajstić information content (AvgIpc) is 3.59. The second-order valence-corrected chi connectivity index (χ2v) is 9.20. The third-order valence-corrected chi connectivity index (χ3v) is 6.86. The Hall–Kier alpha value is -3.53. The van der Waals surface area contributed by atoms with E-state index in [0.717, 1.165) is 46.9 Å². The molecular formula is C25H23F3N6S. The van der Waals surface area contributed by atoms with Crippen molar-refractivity contribution in [3.05, 3.63) is 95.5 Å². The fourth-order valence-corrected chi connectivity index (χ4v) is 4.99. The highest BCUT2D eigenvalue weighted by atomic mass is 32.2. The van der Waals surface area contributed by atoms with Crippen LogP contribution in [0.3, 0.4) is 0 Å². The molecule has 0 aliphatic heterocycles. The topological polar surface area (TPSA) is 75.2 Å². The van der Waals surface area contributed by atoms with Gasteiger partial charge in [0.2, 0.25) is 0 Å². The van der Waals surface area contributed by atoms with Gasteiger partial charge in [0.1, 0.15) is 5.82 Å². The zero-order chi connectivity index (χ0) is 24.3. The first-order chi connectivity index (χ1) is 17.0. The molecule has 5 rings (SSSR count). The number of aromatic nitrogens is 6. The highest BCUT2D eigenvalue weighted by Gasteiger charge is 2.30. The van der Waals surface area contributed by atoms with Crippen LogP contribution in [0.5, 0.6) is 0 Å². The number of rotatable bonds is 9. The van der Waals surface area contributed by atoms with E-state index in [1.807, 2.05) is 30.6 Å². The monoisotopic (exact) mass is 496 g/mol. The van der Waals surface area contributed by atoms with Gasteiger partial charge < -0.3 is 14.5 Å². The molecule has 3 heterocycles. The summed E-state index contributed by atoms with van der Waals surface area (Å²) in [6.45, 7) is 0.689. The highest BCUT2D eigenvalue weighted by molar-refractivity contribution is 7.98. The number of hydrogen-bond acceptors (Lipinski definition) is 4. The molecule has 5 aromatic rings. The molecule has 0 saturated heterocycles. The van der Waals surface area contributed by atoms with Crippen LogP contribution < -0.4 is 0 Å². The van der Waals surface area contributed by atoms with E-state index in [1.165, 1.54) is 23.9 Å². The minimum atomic E-state index is -4.36. The second-order valence-electron chi connectivity index (χ2n) is 8.25. The van der Waals surface area contributed by atoms with Crippen LogP contribution in [0.15, 0.2) is 72.4 Å². The summed E-state index contributed by atoms with van der Waals surface area (Å²) in [5.74, 6) is 1.20. The van der Waals surface area contributed by atoms with Gasteiger partial charge in [-0.2, -0.15) is 13.2 Å². The third-order valence-electron chi connectivity index (χ3n) is 5.82. The molecule has 6 nitrogen and oxygen atoms in total. The average molecular weight is 497 g/mol. The predicted octanol–water partition coefficient (Wildman–Crippen LogP) is 6.02. The maximum absolute atomic E-state index is 13.1. The lowest BCUT2D eigenvalue weighted by atomic mass is 10.1. The van der Waals surface area contributed by atoms with E-state index in [4.69, 9.17) is 0 Å². The Kier molecular flexibility index (Phi) is 6.63. The molecule has 0 radical (unpaired) electrons. The molecule has 180 valence electrons. The Morgan fingerprint density at radius 3 is 2.71 bits per heavy atom. The van der Waals surface area contributed by atoms with Gasteiger partial charge in [0.25, 0.3) is 0 Å². The number of thioether (sulfide) groups is 1. The summed E-state index contributed by atoms with van der Waals surface area (Å²) in [4.78, 5) is 10.5. The zero-order valence-electron chi connectivity index (χ0n) is 18.7. The lowest BCUT2D eigenvalue weighted by Crippen LogP contribution is -2.08. The molecule has 0 amide bonds. The summed E-state index contributed by atoms with van der Waals surface area (Å²) in [7, 11) is 0. The number of para-hydroxylation sites is 1. The van der Waals surface area contributed by atoms with Gasteiger partial charge in [0.05, 0.1) is 11.9 Å². The van der Waals surface area contributed by atoms with E-state index in [2.05, 4.69) is 35.8 Å². The standard InChI is InChI=1S/C25H23F3N6S/c26-25(27,28)19-6-3-5-17(11-19)15-35-24-33-32-23(34(24)10-4-7-20-14-29-16-31-20)12-18-13-30-22-9-2-1-8-21(18)22/h1-3,5-6,8-9,11,13-14,16,30H,4,7,10,12,15H2,(H,29,31). The van der Waals surface area contributed by atoms with Crippen LogP contribution in [0, 0.1) is 0 Å². The third kappa shape index (κ3) is 5.43. The molecule has 0 aliphatic carbocycles. The van der Waals surface area contributed by atoms with E-state index < -0.39 is 11.7 Å². The molecule has 0 fully saturated rings. The molecule has 10 heteroatoms. The van der Waals surface area contributed by atoms with Crippen LogP contribution in [0.25, 0.3) is 10.9 Å². The quantitative estimate of drug-likeness (QED) is 0.245. The van der Waals surface area contributed by atoms with Crippen LogP contribution in [-0.2, 0) is 31.3 Å². The number of imidazole rings is 1. The molecule has 0 spiro atoms. The lowest BCUT2D eigenvalue weighted by Gasteiger charge is -2.11. The molecule has 0 bridgehead atoms. The van der Waals surface area contributed by atoms with Crippen LogP contribution in [0.2, 0.25) is 0 Å². The van der Waals surface area contributed by atoms with Crippen molar-refractivity contribution in [2.45, 2.75) is 42.9 Å². The number of H-pyrrole nitrogens is 2. The Morgan fingerprint density at radius 2 is 1.89 bits per heavy atom. The lowest BCUT2D eigenvalue weighted by molar-refractivity contribution is -0.137. The van der Waals surface area contributed by atoms with Crippen molar-refractivity contribution in [2.75, 3.05) is 0 Å². The molecule has 2 aromatic carbocycles. The van der Waals surface area contributed by atoms with Crippen molar-refractivity contribution in [2.24, 2.45) is 0 Å². The summed E-state index contributed by atoms with van der Waals surface area (Å²) < 4.78 is 41.4. The van der Waals surface area contributed by atoms with Crippen molar-refractivity contribution in [3.63, 3.8) is 0 Å². The molecule has 0 saturated carbocycles. The summed E-state index contributed by atoms with van der Waals surface area (Å²) in [6, 6.07) is 13.5. The molecule has 35 heavy (non-hydrogen) atoms. The van der Waals surface area contributed by atoms with Crippen molar-refractivity contribution in [1.29, 1.82) is 0 Å². The van der Waals surface area contributed by atoms with Crippen molar-refractivity contribution in [1.82, 2.24) is 29.7 Å². The SMILES string of the molecule is FC(F)(F)c1cccc(CSc2nnc(Cc3c[nH]c4ccccc34)n2CCCc2cnc[nH]2)c1. The molecule has 0 unspecified atom stereocenters. The number of nitrogens with one attached hydrogen (secondary N) is 2. The van der Waals surface area contributed by atoms with E-state index in [1.54, 1.807) is 12.4 Å². The van der Waals surface area contributed by atoms with Crippen molar-refractivity contribution < 1.29 is 13.2 Å². The smallest absolute Gasteiger partial charge is 0.361 e. The van der Waals surface area contributed by atoms with Gasteiger partial charge in [0, 0.05) is 47.7 Å². The van der Waals surface area contributed by atoms with Gasteiger partial charge in [-0.3, -0.25) is 0 Å². The van der Waals surface area contributed by atoms with Crippen LogP contribution in [0.4, 0.5) is 13.2 Å². The van der Waals surface area contributed by atoms with Gasteiger partial charge in [0.15, 0.2) is 5.16 Å². The maximum atomic E-state index is 13.1. The zero-order valence-corrected chi connectivity index (χ0v) is 19.5. The fourth-order valence-electron chi connectivity index (χ4n) is 4.06. The number of aromatic amines is 2. The van der Waals surface area contributed by atoms with E-state index >= 15 is 0 Å². The van der Waals surface area contributed by atoms with Crippen LogP contribution in [0.1, 0.15) is 34.6 Å². The minimum Gasteiger partial charge on any atom is -0.361 e. The molecule has 0 atom stereocenters. The van der Waals surface area contributed by atoms with Gasteiger partial charge in [-0.25, -0.2) is 4.98 Å². The van der Waals surface area contributed by atoms with E-state index in [-0.39, 0.29) is 0 Å². The molecule has 0 aliphatic rings. The first-order valence-corrected chi connectivity index (χ1v) is 12.2. The summed E-state index contributed by atoms with van der Waals surface area (Å²) >= 11 is 1.40. The fraction of sp³-hybridized carbons (Fsp3) is 0.240. The Morgan fingerprint density at radius 1 is 1.00 bits per heavy atom. The number of alkyl halides is 3. The summed E-state index contributed by atoms with van der Waals surface area (Å²) in [5.41, 5.74) is 3.19. The van der Waals surface area contributed by atoms with Gasteiger partial charge in [-0.05, 0) is 36.1 Å². The number of aryl methyl sites for hydroxylation is 1. The number of hydrogen-bond donors (Lipinski definition) is 2. The first kappa shape index (κ1) is 23.2. The van der Waals surface area contributed by atoms with E-state index in [9.17, 15) is 13.2 Å². The molecule has 2 N–H and O–H groups in total. The molecule has 3 aromatic heterocycles. The number of nitrogens with zero attached hydrogens (tertiary/aromatic N) is 4. The predicted molar refractivity (Wildman–Crippen MR) is 129 cm³/mol. The van der Waals surface area contributed by atoms with Crippen LogP contribution >= 0.6 is 11.8 Å². The van der Waals surface area contributed by atoms with Crippen LogP contribution in [-0.4, -0.2) is 29.7 Å². The second kappa shape index (κ2) is 9.99. The Balaban J connectivity index is 1.36. The first-order valence-electron chi connectivity index (χ1n) is 11.2. The van der Waals surface area contributed by atoms with Crippen molar-refractivity contribution in [3.8, 4) is 0 Å². The number of fused-ring (bicyclic) bond motifs is 1. The normalized spacial score (nSPS) is 12.0. The van der Waals surface area contributed by atoms with Crippen molar-refractivity contribution >= 4 is 22.7 Å². The maximum Gasteiger partial charge on any atom is 0.416 e. The van der Waals surface area contributed by atoms with E-state index in [0.29, 0.717) is 29.4 Å². The largest absolute Gasteiger partial charge is 0.416 e.